The van der Waals surface area contributed by atoms with Crippen LogP contribution in [0.15, 0.2) is 54.6 Å². The molecule has 2 aromatic carbocycles. The Morgan fingerprint density at radius 3 is 2.25 bits per heavy atom. The van der Waals surface area contributed by atoms with Crippen LogP contribution in [0.3, 0.4) is 0 Å². The molecule has 0 spiro atoms. The molecule has 0 saturated carbocycles. The van der Waals surface area contributed by atoms with Gasteiger partial charge in [0.05, 0.1) is 6.04 Å². The molecule has 1 aliphatic heterocycles. The fourth-order valence-corrected chi connectivity index (χ4v) is 3.28. The quantitative estimate of drug-likeness (QED) is 0.737. The predicted octanol–water partition coefficient (Wildman–Crippen LogP) is 4.43. The first-order chi connectivity index (χ1) is 9.57. The summed E-state index contributed by atoms with van der Waals surface area (Å²) < 4.78 is 0. The largest absolute Gasteiger partial charge is 0.287 e. The van der Waals surface area contributed by atoms with Crippen LogP contribution in [0.5, 0.6) is 0 Å². The van der Waals surface area contributed by atoms with Gasteiger partial charge in [-0.2, -0.15) is 0 Å². The first kappa shape index (κ1) is 13.4. The van der Waals surface area contributed by atoms with E-state index in [-0.39, 0.29) is 5.54 Å². The fourth-order valence-electron chi connectivity index (χ4n) is 3.28. The molecule has 3 rings (SSSR count). The number of rotatable bonds is 1. The third kappa shape index (κ3) is 2.38. The summed E-state index contributed by atoms with van der Waals surface area (Å²) in [7, 11) is 0. The van der Waals surface area contributed by atoms with E-state index in [4.69, 9.17) is 0 Å². The molecule has 1 aliphatic rings. The Labute approximate surface area is 122 Å². The van der Waals surface area contributed by atoms with Crippen molar-refractivity contribution in [1.29, 1.82) is 0 Å². The minimum absolute atomic E-state index is 0.175. The summed E-state index contributed by atoms with van der Waals surface area (Å²) in [6.45, 7) is 8.07. The van der Waals surface area contributed by atoms with E-state index in [0.717, 1.165) is 13.0 Å². The number of hydrogen-bond acceptors (Lipinski definition) is 1. The van der Waals surface area contributed by atoms with Crippen molar-refractivity contribution in [2.45, 2.75) is 38.8 Å². The summed E-state index contributed by atoms with van der Waals surface area (Å²) in [4.78, 5) is 2.63. The van der Waals surface area contributed by atoms with Gasteiger partial charge in [-0.05, 0) is 43.9 Å². The Morgan fingerprint density at radius 1 is 0.900 bits per heavy atom. The van der Waals surface area contributed by atoms with E-state index < -0.39 is 0 Å². The van der Waals surface area contributed by atoms with Crippen LogP contribution < -0.4 is 0 Å². The number of nitrogens with zero attached hydrogens (tertiary/aromatic N) is 1. The third-order valence-corrected chi connectivity index (χ3v) is 4.26. The summed E-state index contributed by atoms with van der Waals surface area (Å²) in [6.07, 6.45) is 1.15. The van der Waals surface area contributed by atoms with Gasteiger partial charge in [0, 0.05) is 12.1 Å². The van der Waals surface area contributed by atoms with Gasteiger partial charge in [-0.3, -0.25) is 4.90 Å². The van der Waals surface area contributed by atoms with Crippen LogP contribution in [-0.4, -0.2) is 17.0 Å². The molecule has 0 radical (unpaired) electrons. The van der Waals surface area contributed by atoms with E-state index in [0.29, 0.717) is 6.04 Å². The molecule has 1 heterocycles. The van der Waals surface area contributed by atoms with Gasteiger partial charge in [0.2, 0.25) is 0 Å². The molecule has 0 bridgehead atoms. The molecule has 20 heavy (non-hydrogen) atoms. The van der Waals surface area contributed by atoms with Crippen LogP contribution >= 0.6 is 0 Å². The van der Waals surface area contributed by atoms with E-state index in [2.05, 4.69) is 80.3 Å². The van der Waals surface area contributed by atoms with Crippen LogP contribution in [0.1, 0.15) is 43.5 Å². The maximum atomic E-state index is 2.63. The highest BCUT2D eigenvalue weighted by atomic mass is 15.2. The molecule has 0 aliphatic carbocycles. The highest BCUT2D eigenvalue weighted by Crippen LogP contribution is 2.38. The Bertz CT molecular complexity index is 580. The number of hydrogen-bond donors (Lipinski definition) is 0. The summed E-state index contributed by atoms with van der Waals surface area (Å²) in [5.41, 5.74) is 4.55. The second-order valence-corrected chi connectivity index (χ2v) is 6.63. The number of fused-ring (bicyclic) bond motifs is 1. The zero-order valence-electron chi connectivity index (χ0n) is 12.6. The van der Waals surface area contributed by atoms with Gasteiger partial charge >= 0.3 is 0 Å². The Morgan fingerprint density at radius 2 is 1.55 bits per heavy atom. The van der Waals surface area contributed by atoms with Crippen molar-refractivity contribution in [2.75, 3.05) is 6.54 Å². The summed E-state index contributed by atoms with van der Waals surface area (Å²) >= 11 is 0. The molecule has 1 atom stereocenters. The average molecular weight is 265 g/mol. The lowest BCUT2D eigenvalue weighted by Gasteiger charge is -2.45. The summed E-state index contributed by atoms with van der Waals surface area (Å²) in [5, 5.41) is 0. The van der Waals surface area contributed by atoms with E-state index in [1.165, 1.54) is 16.7 Å². The van der Waals surface area contributed by atoms with E-state index in [9.17, 15) is 0 Å². The van der Waals surface area contributed by atoms with Crippen molar-refractivity contribution >= 4 is 0 Å². The van der Waals surface area contributed by atoms with Gasteiger partial charge in [0.15, 0.2) is 0 Å². The highest BCUT2D eigenvalue weighted by Gasteiger charge is 2.34. The van der Waals surface area contributed by atoms with Crippen LogP contribution in [0.2, 0.25) is 0 Å². The standard InChI is InChI=1S/C19H23N/c1-19(2,3)20-14-13-15-9-7-8-12-17(15)18(20)16-10-5-4-6-11-16/h4-12,18H,13-14H2,1-3H3/t18-/m0/s1. The molecule has 0 saturated heterocycles. The fraction of sp³-hybridized carbons (Fsp3) is 0.368. The van der Waals surface area contributed by atoms with Gasteiger partial charge in [0.1, 0.15) is 0 Å². The maximum absolute atomic E-state index is 2.63. The Balaban J connectivity index is 2.13. The second-order valence-electron chi connectivity index (χ2n) is 6.63. The van der Waals surface area contributed by atoms with E-state index in [1.807, 2.05) is 0 Å². The van der Waals surface area contributed by atoms with Gasteiger partial charge in [-0.1, -0.05) is 54.6 Å². The molecule has 0 N–H and O–H groups in total. The SMILES string of the molecule is CC(C)(C)N1CCc2ccccc2[C@@H]1c1ccccc1. The lowest BCUT2D eigenvalue weighted by molar-refractivity contribution is 0.0926. The maximum Gasteiger partial charge on any atom is 0.0608 e. The van der Waals surface area contributed by atoms with Gasteiger partial charge in [-0.25, -0.2) is 0 Å². The first-order valence-electron chi connectivity index (χ1n) is 7.47. The zero-order valence-corrected chi connectivity index (χ0v) is 12.6. The summed E-state index contributed by atoms with van der Waals surface area (Å²) in [6, 6.07) is 20.2. The van der Waals surface area contributed by atoms with E-state index >= 15 is 0 Å². The molecule has 1 heteroatoms. The molecule has 0 amide bonds. The minimum Gasteiger partial charge on any atom is -0.287 e. The van der Waals surface area contributed by atoms with Crippen molar-refractivity contribution in [1.82, 2.24) is 4.90 Å². The molecular weight excluding hydrogens is 242 g/mol. The lowest BCUT2D eigenvalue weighted by Crippen LogP contribution is -2.47. The molecule has 0 aromatic heterocycles. The molecule has 2 aromatic rings. The number of benzene rings is 2. The topological polar surface area (TPSA) is 3.24 Å². The van der Waals surface area contributed by atoms with Crippen LogP contribution in [0, 0.1) is 0 Å². The normalized spacial score (nSPS) is 19.6. The minimum atomic E-state index is 0.175. The average Bonchev–Trinajstić information content (AvgIpc) is 2.46. The van der Waals surface area contributed by atoms with Gasteiger partial charge in [0.25, 0.3) is 0 Å². The van der Waals surface area contributed by atoms with Crippen LogP contribution in [0.4, 0.5) is 0 Å². The smallest absolute Gasteiger partial charge is 0.0608 e. The van der Waals surface area contributed by atoms with Crippen molar-refractivity contribution in [3.8, 4) is 0 Å². The zero-order chi connectivity index (χ0) is 14.2. The highest BCUT2D eigenvalue weighted by molar-refractivity contribution is 5.40. The molecule has 0 unspecified atom stereocenters. The molecule has 0 fully saturated rings. The van der Waals surface area contributed by atoms with Gasteiger partial charge < -0.3 is 0 Å². The summed E-state index contributed by atoms with van der Waals surface area (Å²) in [5.74, 6) is 0. The van der Waals surface area contributed by atoms with Crippen LogP contribution in [0.25, 0.3) is 0 Å². The second kappa shape index (κ2) is 5.06. The first-order valence-corrected chi connectivity index (χ1v) is 7.47. The van der Waals surface area contributed by atoms with Crippen LogP contribution in [-0.2, 0) is 6.42 Å². The Hall–Kier alpha value is -1.60. The lowest BCUT2D eigenvalue weighted by atomic mass is 9.85. The molecular formula is C19H23N. The van der Waals surface area contributed by atoms with Crippen molar-refractivity contribution in [3.63, 3.8) is 0 Å². The predicted molar refractivity (Wildman–Crippen MR) is 84.9 cm³/mol. The van der Waals surface area contributed by atoms with Gasteiger partial charge in [-0.15, -0.1) is 0 Å². The monoisotopic (exact) mass is 265 g/mol. The van der Waals surface area contributed by atoms with E-state index in [1.54, 1.807) is 0 Å². The van der Waals surface area contributed by atoms with Crippen molar-refractivity contribution in [3.05, 3.63) is 71.3 Å². The molecule has 104 valence electrons. The molecule has 1 nitrogen and oxygen atoms in total. The third-order valence-electron chi connectivity index (χ3n) is 4.26. The van der Waals surface area contributed by atoms with Crippen molar-refractivity contribution < 1.29 is 0 Å². The van der Waals surface area contributed by atoms with Crippen molar-refractivity contribution in [2.24, 2.45) is 0 Å². The Kier molecular flexibility index (Phi) is 3.39.